The molecular weight excluding hydrogens is 317 g/mol. The number of aromatic nitrogens is 3. The summed E-state index contributed by atoms with van der Waals surface area (Å²) in [6, 6.07) is 7.49. The van der Waals surface area contributed by atoms with Crippen LogP contribution in [0.15, 0.2) is 30.5 Å². The number of halogens is 3. The molecule has 20 heavy (non-hydrogen) atoms. The van der Waals surface area contributed by atoms with E-state index < -0.39 is 0 Å². The van der Waals surface area contributed by atoms with E-state index in [4.69, 9.17) is 34.8 Å². The molecular formula is C14H10Cl3N3. The molecule has 0 saturated carbocycles. The van der Waals surface area contributed by atoms with Crippen LogP contribution < -0.4 is 0 Å². The molecule has 0 spiro atoms. The van der Waals surface area contributed by atoms with Gasteiger partial charge in [0.2, 0.25) is 0 Å². The lowest BCUT2D eigenvalue weighted by atomic mass is 10.2. The lowest BCUT2D eigenvalue weighted by Crippen LogP contribution is -2.02. The lowest BCUT2D eigenvalue weighted by molar-refractivity contribution is 0.961. The second-order valence-corrected chi connectivity index (χ2v) is 5.49. The predicted octanol–water partition coefficient (Wildman–Crippen LogP) is 4.77. The molecule has 0 aliphatic heterocycles. The molecule has 6 heteroatoms. The smallest absolute Gasteiger partial charge is 0.164 e. The van der Waals surface area contributed by atoms with E-state index in [1.807, 2.05) is 29.7 Å². The Bertz CT molecular complexity index is 796. The van der Waals surface area contributed by atoms with Crippen LogP contribution in [0.4, 0.5) is 0 Å². The van der Waals surface area contributed by atoms with Crippen molar-refractivity contribution >= 4 is 46.0 Å². The van der Waals surface area contributed by atoms with E-state index in [-0.39, 0.29) is 5.88 Å². The van der Waals surface area contributed by atoms with Gasteiger partial charge in [0.05, 0.1) is 16.6 Å². The first-order valence-corrected chi connectivity index (χ1v) is 7.25. The van der Waals surface area contributed by atoms with E-state index in [1.54, 1.807) is 12.3 Å². The van der Waals surface area contributed by atoms with Crippen molar-refractivity contribution in [2.24, 2.45) is 0 Å². The molecule has 2 aromatic heterocycles. The van der Waals surface area contributed by atoms with Crippen molar-refractivity contribution in [3.63, 3.8) is 0 Å². The Balaban J connectivity index is 2.37. The summed E-state index contributed by atoms with van der Waals surface area (Å²) in [6.45, 7) is 1.96. The molecule has 3 aromatic rings. The Labute approximate surface area is 131 Å². The summed E-state index contributed by atoms with van der Waals surface area (Å²) in [5, 5.41) is 1.24. The normalized spacial score (nSPS) is 11.2. The molecule has 102 valence electrons. The minimum Gasteiger partial charge on any atom is -0.279 e. The summed E-state index contributed by atoms with van der Waals surface area (Å²) in [7, 11) is 0. The summed E-state index contributed by atoms with van der Waals surface area (Å²) >= 11 is 18.2. The van der Waals surface area contributed by atoms with Gasteiger partial charge in [-0.3, -0.25) is 4.57 Å². The molecule has 0 aliphatic rings. The number of nitrogens with zero attached hydrogens (tertiary/aromatic N) is 3. The third-order valence-corrected chi connectivity index (χ3v) is 3.99. The van der Waals surface area contributed by atoms with Crippen molar-refractivity contribution in [3.8, 4) is 5.69 Å². The second kappa shape index (κ2) is 5.24. The standard InChI is InChI=1S/C14H10Cl3N3/c1-8-10(17)3-2-4-12(8)20-13(6-15)19-11-5-9(16)7-18-14(11)20/h2-5,7H,6H2,1H3. The van der Waals surface area contributed by atoms with Gasteiger partial charge >= 0.3 is 0 Å². The Morgan fingerprint density at radius 2 is 2.05 bits per heavy atom. The van der Waals surface area contributed by atoms with Crippen molar-refractivity contribution in [1.82, 2.24) is 14.5 Å². The summed E-state index contributed by atoms with van der Waals surface area (Å²) < 4.78 is 1.92. The highest BCUT2D eigenvalue weighted by Gasteiger charge is 2.15. The van der Waals surface area contributed by atoms with Crippen LogP contribution in [0.5, 0.6) is 0 Å². The molecule has 0 fully saturated rings. The maximum atomic E-state index is 6.19. The molecule has 0 radical (unpaired) electrons. The fourth-order valence-corrected chi connectivity index (χ4v) is 2.67. The number of fused-ring (bicyclic) bond motifs is 1. The first-order chi connectivity index (χ1) is 9.61. The zero-order chi connectivity index (χ0) is 14.3. The maximum absolute atomic E-state index is 6.19. The SMILES string of the molecule is Cc1c(Cl)cccc1-n1c(CCl)nc2cc(Cl)cnc21. The number of benzene rings is 1. The predicted molar refractivity (Wildman–Crippen MR) is 83.2 cm³/mol. The van der Waals surface area contributed by atoms with Gasteiger partial charge in [-0.1, -0.05) is 29.3 Å². The van der Waals surface area contributed by atoms with E-state index >= 15 is 0 Å². The Morgan fingerprint density at radius 1 is 1.25 bits per heavy atom. The maximum Gasteiger partial charge on any atom is 0.164 e. The topological polar surface area (TPSA) is 30.7 Å². The van der Waals surface area contributed by atoms with E-state index in [9.17, 15) is 0 Å². The molecule has 3 nitrogen and oxygen atoms in total. The van der Waals surface area contributed by atoms with Gasteiger partial charge in [-0.15, -0.1) is 11.6 Å². The largest absolute Gasteiger partial charge is 0.279 e. The van der Waals surface area contributed by atoms with Crippen LogP contribution in [0.3, 0.4) is 0 Å². The summed E-state index contributed by atoms with van der Waals surface area (Å²) in [4.78, 5) is 8.84. The average molecular weight is 327 g/mol. The highest BCUT2D eigenvalue weighted by atomic mass is 35.5. The first-order valence-electron chi connectivity index (χ1n) is 5.96. The van der Waals surface area contributed by atoms with Gasteiger partial charge in [0.15, 0.2) is 5.65 Å². The quantitative estimate of drug-likeness (QED) is 0.635. The van der Waals surface area contributed by atoms with Gasteiger partial charge in [0.25, 0.3) is 0 Å². The van der Waals surface area contributed by atoms with E-state index in [0.717, 1.165) is 16.9 Å². The zero-order valence-corrected chi connectivity index (χ0v) is 12.8. The Hall–Kier alpha value is -1.29. The molecule has 2 heterocycles. The molecule has 0 atom stereocenters. The molecule has 0 amide bonds. The number of alkyl halides is 1. The highest BCUT2D eigenvalue weighted by molar-refractivity contribution is 6.31. The average Bonchev–Trinajstić information content (AvgIpc) is 2.79. The highest BCUT2D eigenvalue weighted by Crippen LogP contribution is 2.28. The second-order valence-electron chi connectivity index (χ2n) is 4.38. The summed E-state index contributed by atoms with van der Waals surface area (Å²) in [5.74, 6) is 0.988. The van der Waals surface area contributed by atoms with Crippen LogP contribution in [-0.2, 0) is 5.88 Å². The van der Waals surface area contributed by atoms with Crippen LogP contribution in [0.1, 0.15) is 11.4 Å². The van der Waals surface area contributed by atoms with Crippen molar-refractivity contribution in [2.45, 2.75) is 12.8 Å². The molecule has 3 rings (SSSR count). The minimum atomic E-state index is 0.278. The van der Waals surface area contributed by atoms with E-state index in [1.165, 1.54) is 0 Å². The van der Waals surface area contributed by atoms with E-state index in [2.05, 4.69) is 9.97 Å². The molecule has 0 bridgehead atoms. The summed E-state index contributed by atoms with van der Waals surface area (Å²) in [6.07, 6.45) is 1.60. The van der Waals surface area contributed by atoms with E-state index in [0.29, 0.717) is 21.4 Å². The van der Waals surface area contributed by atoms with Crippen LogP contribution in [-0.4, -0.2) is 14.5 Å². The van der Waals surface area contributed by atoms with Gasteiger partial charge in [-0.2, -0.15) is 0 Å². The van der Waals surface area contributed by atoms with Crippen LogP contribution in [0, 0.1) is 6.92 Å². The Morgan fingerprint density at radius 3 is 2.80 bits per heavy atom. The van der Waals surface area contributed by atoms with Gasteiger partial charge in [0, 0.05) is 11.2 Å². The van der Waals surface area contributed by atoms with Crippen molar-refractivity contribution in [1.29, 1.82) is 0 Å². The number of imidazole rings is 1. The minimum absolute atomic E-state index is 0.278. The molecule has 0 aliphatic carbocycles. The third kappa shape index (κ3) is 2.16. The van der Waals surface area contributed by atoms with Gasteiger partial charge in [0.1, 0.15) is 11.3 Å². The first kappa shape index (κ1) is 13.7. The molecule has 0 saturated heterocycles. The molecule has 0 unspecified atom stereocenters. The van der Waals surface area contributed by atoms with Gasteiger partial charge < -0.3 is 0 Å². The van der Waals surface area contributed by atoms with Crippen molar-refractivity contribution in [3.05, 3.63) is 51.9 Å². The molecule has 1 aromatic carbocycles. The fourth-order valence-electron chi connectivity index (χ4n) is 2.17. The zero-order valence-electron chi connectivity index (χ0n) is 10.6. The fraction of sp³-hybridized carbons (Fsp3) is 0.143. The number of hydrogen-bond donors (Lipinski definition) is 0. The third-order valence-electron chi connectivity index (χ3n) is 3.13. The lowest BCUT2D eigenvalue weighted by Gasteiger charge is -2.11. The van der Waals surface area contributed by atoms with Crippen LogP contribution in [0.25, 0.3) is 16.9 Å². The molecule has 0 N–H and O–H groups in total. The number of hydrogen-bond acceptors (Lipinski definition) is 2. The van der Waals surface area contributed by atoms with Crippen LogP contribution >= 0.6 is 34.8 Å². The van der Waals surface area contributed by atoms with Gasteiger partial charge in [-0.05, 0) is 30.7 Å². The Kier molecular flexibility index (Phi) is 3.59. The van der Waals surface area contributed by atoms with Gasteiger partial charge in [-0.25, -0.2) is 9.97 Å². The number of rotatable bonds is 2. The van der Waals surface area contributed by atoms with Crippen molar-refractivity contribution < 1.29 is 0 Å². The monoisotopic (exact) mass is 325 g/mol. The summed E-state index contributed by atoms with van der Waals surface area (Å²) in [5.41, 5.74) is 3.31. The van der Waals surface area contributed by atoms with Crippen molar-refractivity contribution in [2.75, 3.05) is 0 Å². The van der Waals surface area contributed by atoms with Crippen LogP contribution in [0.2, 0.25) is 10.0 Å². The number of pyridine rings is 1.